The van der Waals surface area contributed by atoms with E-state index in [0.29, 0.717) is 5.56 Å². The summed E-state index contributed by atoms with van der Waals surface area (Å²) in [6.07, 6.45) is 0. The van der Waals surface area contributed by atoms with E-state index in [-0.39, 0.29) is 17.9 Å². The van der Waals surface area contributed by atoms with Gasteiger partial charge in [-0.1, -0.05) is 6.07 Å². The van der Waals surface area contributed by atoms with Gasteiger partial charge in [-0.15, -0.1) is 0 Å². The van der Waals surface area contributed by atoms with Crippen LogP contribution in [0.3, 0.4) is 0 Å². The maximum atomic E-state index is 12.0. The average Bonchev–Trinajstić information content (AvgIpc) is 2.20. The molecule has 0 amide bonds. The molecule has 0 saturated heterocycles. The zero-order valence-corrected chi connectivity index (χ0v) is 9.00. The van der Waals surface area contributed by atoms with E-state index in [0.717, 1.165) is 0 Å². The quantitative estimate of drug-likeness (QED) is 0.746. The maximum Gasteiger partial charge on any atom is 0.387 e. The lowest BCUT2D eigenvalue weighted by Gasteiger charge is -2.08. The van der Waals surface area contributed by atoms with Crippen LogP contribution in [-0.2, 0) is 4.74 Å². The monoisotopic (exact) mass is 230 g/mol. The molecule has 0 atom stereocenters. The van der Waals surface area contributed by atoms with Crippen LogP contribution in [-0.4, -0.2) is 19.2 Å². The van der Waals surface area contributed by atoms with E-state index in [4.69, 9.17) is 4.74 Å². The molecule has 1 rings (SSSR count). The number of carbonyl (C=O) groups excluding carboxylic acids is 1. The predicted octanol–water partition coefficient (Wildman–Crippen LogP) is 2.77. The van der Waals surface area contributed by atoms with Gasteiger partial charge in [-0.2, -0.15) is 8.78 Å². The number of rotatable bonds is 4. The summed E-state index contributed by atoms with van der Waals surface area (Å²) in [7, 11) is 0. The normalized spacial score (nSPS) is 10.3. The summed E-state index contributed by atoms with van der Waals surface area (Å²) in [4.78, 5) is 11.4. The zero-order valence-electron chi connectivity index (χ0n) is 9.00. The highest BCUT2D eigenvalue weighted by Gasteiger charge is 2.13. The summed E-state index contributed by atoms with van der Waals surface area (Å²) in [5.74, 6) is -0.594. The van der Waals surface area contributed by atoms with Crippen LogP contribution in [0.25, 0.3) is 0 Å². The molecule has 0 aliphatic carbocycles. The molecule has 16 heavy (non-hydrogen) atoms. The summed E-state index contributed by atoms with van der Waals surface area (Å²) >= 11 is 0. The second-order valence-corrected chi connectivity index (χ2v) is 3.08. The number of ether oxygens (including phenoxy) is 2. The second kappa shape index (κ2) is 5.44. The number of hydrogen-bond donors (Lipinski definition) is 0. The molecule has 0 saturated carbocycles. The highest BCUT2D eigenvalue weighted by molar-refractivity contribution is 5.91. The number of esters is 1. The third kappa shape index (κ3) is 3.18. The van der Waals surface area contributed by atoms with Gasteiger partial charge in [0.1, 0.15) is 5.75 Å². The van der Waals surface area contributed by atoms with Gasteiger partial charge in [0.15, 0.2) is 0 Å². The molecule has 0 bridgehead atoms. The second-order valence-electron chi connectivity index (χ2n) is 3.08. The first kappa shape index (κ1) is 12.4. The van der Waals surface area contributed by atoms with Crippen molar-refractivity contribution in [3.8, 4) is 5.75 Å². The van der Waals surface area contributed by atoms with Crippen molar-refractivity contribution in [2.75, 3.05) is 6.61 Å². The van der Waals surface area contributed by atoms with E-state index < -0.39 is 12.6 Å². The number of alkyl halides is 2. The summed E-state index contributed by atoms with van der Waals surface area (Å²) in [6, 6.07) is 4.16. The molecule has 0 unspecified atom stereocenters. The van der Waals surface area contributed by atoms with E-state index in [1.165, 1.54) is 18.2 Å². The van der Waals surface area contributed by atoms with E-state index in [1.54, 1.807) is 13.8 Å². The van der Waals surface area contributed by atoms with Crippen molar-refractivity contribution in [2.24, 2.45) is 0 Å². The largest absolute Gasteiger partial charge is 0.462 e. The lowest BCUT2D eigenvalue weighted by molar-refractivity contribution is -0.0499. The average molecular weight is 230 g/mol. The molecule has 0 fully saturated rings. The van der Waals surface area contributed by atoms with Gasteiger partial charge in [-0.05, 0) is 31.5 Å². The van der Waals surface area contributed by atoms with Crippen LogP contribution < -0.4 is 4.74 Å². The fraction of sp³-hybridized carbons (Fsp3) is 0.364. The van der Waals surface area contributed by atoms with Crippen molar-refractivity contribution in [2.45, 2.75) is 20.5 Å². The minimum Gasteiger partial charge on any atom is -0.462 e. The number of hydrogen-bond acceptors (Lipinski definition) is 3. The Morgan fingerprint density at radius 1 is 1.44 bits per heavy atom. The van der Waals surface area contributed by atoms with Gasteiger partial charge in [0.25, 0.3) is 0 Å². The van der Waals surface area contributed by atoms with Gasteiger partial charge < -0.3 is 9.47 Å². The van der Waals surface area contributed by atoms with Crippen LogP contribution in [0.15, 0.2) is 18.2 Å². The topological polar surface area (TPSA) is 35.5 Å². The molecule has 88 valence electrons. The molecule has 5 heteroatoms. The summed E-state index contributed by atoms with van der Waals surface area (Å²) in [5, 5.41) is 0. The number of benzene rings is 1. The summed E-state index contributed by atoms with van der Waals surface area (Å²) < 4.78 is 32.9. The van der Waals surface area contributed by atoms with Crippen LogP contribution in [0.4, 0.5) is 8.78 Å². The van der Waals surface area contributed by atoms with Gasteiger partial charge in [0.05, 0.1) is 12.2 Å². The van der Waals surface area contributed by atoms with Crippen LogP contribution >= 0.6 is 0 Å². The fourth-order valence-electron chi connectivity index (χ4n) is 1.21. The van der Waals surface area contributed by atoms with Crippen molar-refractivity contribution >= 4 is 5.97 Å². The first-order valence-corrected chi connectivity index (χ1v) is 4.77. The maximum absolute atomic E-state index is 12.0. The summed E-state index contributed by atoms with van der Waals surface area (Å²) in [6.45, 7) is 0.696. The minimum absolute atomic E-state index is 0.0522. The highest BCUT2D eigenvalue weighted by Crippen LogP contribution is 2.20. The Balaban J connectivity index is 2.94. The van der Waals surface area contributed by atoms with Crippen LogP contribution in [0.1, 0.15) is 22.8 Å². The molecule has 3 nitrogen and oxygen atoms in total. The van der Waals surface area contributed by atoms with Crippen molar-refractivity contribution < 1.29 is 23.0 Å². The van der Waals surface area contributed by atoms with E-state index in [1.807, 2.05) is 0 Å². The first-order chi connectivity index (χ1) is 7.54. The molecule has 0 aliphatic heterocycles. The molecule has 0 heterocycles. The van der Waals surface area contributed by atoms with Gasteiger partial charge in [-0.25, -0.2) is 4.79 Å². The fourth-order valence-corrected chi connectivity index (χ4v) is 1.21. The molecule has 0 aliphatic rings. The lowest BCUT2D eigenvalue weighted by atomic mass is 10.1. The van der Waals surface area contributed by atoms with Crippen LogP contribution in [0.5, 0.6) is 5.75 Å². The van der Waals surface area contributed by atoms with Gasteiger partial charge in [0, 0.05) is 0 Å². The Bertz CT molecular complexity index is 377. The standard InChI is InChI=1S/C11H12F2O3/c1-3-15-10(14)9-6-8(16-11(12)13)5-4-7(9)2/h4-6,11H,3H2,1-2H3. The third-order valence-electron chi connectivity index (χ3n) is 1.93. The Labute approximate surface area is 92.0 Å². The highest BCUT2D eigenvalue weighted by atomic mass is 19.3. The molecular formula is C11H12F2O3. The van der Waals surface area contributed by atoms with E-state index in [9.17, 15) is 13.6 Å². The Morgan fingerprint density at radius 2 is 2.12 bits per heavy atom. The number of carbonyl (C=O) groups is 1. The van der Waals surface area contributed by atoms with Crippen molar-refractivity contribution in [3.63, 3.8) is 0 Å². The SMILES string of the molecule is CCOC(=O)c1cc(OC(F)F)ccc1C. The van der Waals surface area contributed by atoms with E-state index in [2.05, 4.69) is 4.74 Å². The molecule has 0 spiro atoms. The summed E-state index contributed by atoms with van der Waals surface area (Å²) in [5.41, 5.74) is 0.889. The van der Waals surface area contributed by atoms with Crippen molar-refractivity contribution in [1.29, 1.82) is 0 Å². The van der Waals surface area contributed by atoms with Crippen LogP contribution in [0, 0.1) is 6.92 Å². The zero-order chi connectivity index (χ0) is 12.1. The molecular weight excluding hydrogens is 218 g/mol. The van der Waals surface area contributed by atoms with Crippen LogP contribution in [0.2, 0.25) is 0 Å². The van der Waals surface area contributed by atoms with Crippen molar-refractivity contribution in [3.05, 3.63) is 29.3 Å². The Morgan fingerprint density at radius 3 is 2.69 bits per heavy atom. The minimum atomic E-state index is -2.90. The first-order valence-electron chi connectivity index (χ1n) is 4.77. The molecule has 0 aromatic heterocycles. The predicted molar refractivity (Wildman–Crippen MR) is 53.8 cm³/mol. The molecule has 0 radical (unpaired) electrons. The molecule has 1 aromatic rings. The van der Waals surface area contributed by atoms with Gasteiger partial charge in [-0.3, -0.25) is 0 Å². The van der Waals surface area contributed by atoms with Crippen molar-refractivity contribution in [1.82, 2.24) is 0 Å². The number of halogens is 2. The third-order valence-corrected chi connectivity index (χ3v) is 1.93. The number of aryl methyl sites for hydroxylation is 1. The van der Waals surface area contributed by atoms with E-state index >= 15 is 0 Å². The molecule has 0 N–H and O–H groups in total. The lowest BCUT2D eigenvalue weighted by Crippen LogP contribution is -2.08. The van der Waals surface area contributed by atoms with Gasteiger partial charge >= 0.3 is 12.6 Å². The van der Waals surface area contributed by atoms with Gasteiger partial charge in [0.2, 0.25) is 0 Å². The Hall–Kier alpha value is -1.65. The Kier molecular flexibility index (Phi) is 4.22. The molecule has 1 aromatic carbocycles. The smallest absolute Gasteiger partial charge is 0.387 e.